The molecular formula is C18H23FN6O2. The second-order valence-electron chi connectivity index (χ2n) is 7.02. The Labute approximate surface area is 156 Å². The van der Waals surface area contributed by atoms with Crippen molar-refractivity contribution in [3.63, 3.8) is 0 Å². The van der Waals surface area contributed by atoms with Crippen molar-refractivity contribution < 1.29 is 14.0 Å². The molecular weight excluding hydrogens is 351 g/mol. The third-order valence-corrected chi connectivity index (χ3v) is 4.78. The molecule has 0 unspecified atom stereocenters. The number of benzene rings is 1. The predicted octanol–water partition coefficient (Wildman–Crippen LogP) is 1.10. The third kappa shape index (κ3) is 4.66. The zero-order chi connectivity index (χ0) is 19.4. The van der Waals surface area contributed by atoms with Crippen LogP contribution in [0.2, 0.25) is 0 Å². The average molecular weight is 374 g/mol. The van der Waals surface area contributed by atoms with E-state index in [1.165, 1.54) is 23.3 Å². The molecule has 0 bridgehead atoms. The first-order chi connectivity index (χ1) is 12.9. The summed E-state index contributed by atoms with van der Waals surface area (Å²) in [5, 5.41) is 11.2. The van der Waals surface area contributed by atoms with Crippen molar-refractivity contribution in [3.05, 3.63) is 42.0 Å². The molecule has 144 valence electrons. The summed E-state index contributed by atoms with van der Waals surface area (Å²) in [4.78, 5) is 30.1. The summed E-state index contributed by atoms with van der Waals surface area (Å²) in [5.41, 5.74) is 0.863. The number of tetrazole rings is 1. The van der Waals surface area contributed by atoms with Crippen LogP contribution in [0, 0.1) is 11.7 Å². The molecule has 1 atom stereocenters. The zero-order valence-electron chi connectivity index (χ0n) is 15.5. The lowest BCUT2D eigenvalue weighted by Gasteiger charge is -2.34. The van der Waals surface area contributed by atoms with Gasteiger partial charge in [0.05, 0.1) is 6.04 Å². The highest BCUT2D eigenvalue weighted by molar-refractivity contribution is 5.80. The second-order valence-corrected chi connectivity index (χ2v) is 7.02. The normalized spacial score (nSPS) is 18.1. The molecule has 0 spiro atoms. The number of nitrogens with zero attached hydrogens (tertiary/aromatic N) is 6. The number of aromatic nitrogens is 4. The number of hydrogen-bond acceptors (Lipinski definition) is 5. The largest absolute Gasteiger partial charge is 0.338 e. The fraction of sp³-hybridized carbons (Fsp3) is 0.500. The second kappa shape index (κ2) is 8.24. The molecule has 1 aromatic carbocycles. The van der Waals surface area contributed by atoms with Crippen LogP contribution >= 0.6 is 0 Å². The molecule has 0 aliphatic carbocycles. The van der Waals surface area contributed by atoms with Crippen molar-refractivity contribution in [2.24, 2.45) is 5.92 Å². The van der Waals surface area contributed by atoms with Crippen LogP contribution in [-0.4, -0.2) is 61.0 Å². The van der Waals surface area contributed by atoms with Crippen molar-refractivity contribution in [2.75, 3.05) is 13.1 Å². The van der Waals surface area contributed by atoms with E-state index in [-0.39, 0.29) is 42.6 Å². The van der Waals surface area contributed by atoms with Gasteiger partial charge in [0.25, 0.3) is 0 Å². The Balaban J connectivity index is 1.75. The van der Waals surface area contributed by atoms with Gasteiger partial charge in [0.2, 0.25) is 11.8 Å². The summed E-state index contributed by atoms with van der Waals surface area (Å²) in [5.74, 6) is -0.297. The van der Waals surface area contributed by atoms with Gasteiger partial charge in [-0.25, -0.2) is 4.39 Å². The first-order valence-electron chi connectivity index (χ1n) is 8.96. The van der Waals surface area contributed by atoms with Gasteiger partial charge < -0.3 is 9.80 Å². The highest BCUT2D eigenvalue weighted by atomic mass is 19.1. The zero-order valence-corrected chi connectivity index (χ0v) is 15.5. The molecule has 1 saturated heterocycles. The molecule has 3 rings (SSSR count). The van der Waals surface area contributed by atoms with Crippen molar-refractivity contribution in [3.8, 4) is 0 Å². The van der Waals surface area contributed by atoms with Crippen LogP contribution in [0.4, 0.5) is 4.39 Å². The minimum absolute atomic E-state index is 0.00301. The van der Waals surface area contributed by atoms with Gasteiger partial charge in [-0.15, -0.1) is 10.2 Å². The quantitative estimate of drug-likeness (QED) is 0.782. The van der Waals surface area contributed by atoms with Crippen molar-refractivity contribution in [1.29, 1.82) is 0 Å². The minimum Gasteiger partial charge on any atom is -0.338 e. The number of carbonyl (C=O) groups excluding carboxylic acids is 2. The molecule has 0 radical (unpaired) electrons. The summed E-state index contributed by atoms with van der Waals surface area (Å²) >= 11 is 0. The summed E-state index contributed by atoms with van der Waals surface area (Å²) in [6.45, 7) is 5.25. The van der Waals surface area contributed by atoms with Crippen LogP contribution in [0.1, 0.15) is 25.8 Å². The summed E-state index contributed by atoms with van der Waals surface area (Å²) < 4.78 is 13.2. The molecule has 27 heavy (non-hydrogen) atoms. The maximum Gasteiger partial charge on any atom is 0.246 e. The first-order valence-corrected chi connectivity index (χ1v) is 8.96. The van der Waals surface area contributed by atoms with Gasteiger partial charge in [0, 0.05) is 26.1 Å². The number of halogens is 1. The molecule has 1 aromatic heterocycles. The lowest BCUT2D eigenvalue weighted by Crippen LogP contribution is -2.47. The number of amides is 2. The van der Waals surface area contributed by atoms with Crippen molar-refractivity contribution in [1.82, 2.24) is 30.0 Å². The first kappa shape index (κ1) is 18.9. The van der Waals surface area contributed by atoms with Crippen molar-refractivity contribution in [2.45, 2.75) is 39.4 Å². The van der Waals surface area contributed by atoms with Crippen LogP contribution in [0.25, 0.3) is 0 Å². The molecule has 2 amide bonds. The van der Waals surface area contributed by atoms with E-state index in [0.29, 0.717) is 19.6 Å². The number of rotatable bonds is 5. The maximum atomic E-state index is 13.2. The number of hydrogen-bond donors (Lipinski definition) is 0. The van der Waals surface area contributed by atoms with Crippen LogP contribution in [0.3, 0.4) is 0 Å². The lowest BCUT2D eigenvalue weighted by molar-refractivity contribution is -0.134. The van der Waals surface area contributed by atoms with E-state index in [9.17, 15) is 14.0 Å². The van der Waals surface area contributed by atoms with Crippen LogP contribution in [0.15, 0.2) is 30.6 Å². The smallest absolute Gasteiger partial charge is 0.246 e. The predicted molar refractivity (Wildman–Crippen MR) is 94.6 cm³/mol. The van der Waals surface area contributed by atoms with Crippen molar-refractivity contribution >= 4 is 11.8 Å². The van der Waals surface area contributed by atoms with Gasteiger partial charge in [-0.2, -0.15) is 4.80 Å². The molecule has 8 nitrogen and oxygen atoms in total. The van der Waals surface area contributed by atoms with Gasteiger partial charge >= 0.3 is 0 Å². The molecule has 1 aliphatic rings. The van der Waals surface area contributed by atoms with Gasteiger partial charge in [0.15, 0.2) is 6.33 Å². The number of carbonyl (C=O) groups is 2. The van der Waals surface area contributed by atoms with E-state index in [2.05, 4.69) is 15.4 Å². The summed E-state index contributed by atoms with van der Waals surface area (Å²) in [6.07, 6.45) is 1.53. The van der Waals surface area contributed by atoms with E-state index in [1.807, 2.05) is 13.8 Å². The van der Waals surface area contributed by atoms with E-state index in [0.717, 1.165) is 5.56 Å². The highest BCUT2D eigenvalue weighted by Crippen LogP contribution is 2.21. The van der Waals surface area contributed by atoms with Gasteiger partial charge in [-0.1, -0.05) is 26.0 Å². The monoisotopic (exact) mass is 374 g/mol. The van der Waals surface area contributed by atoms with E-state index in [1.54, 1.807) is 21.9 Å². The standard InChI is InChI=1S/C18H23FN6O2/c1-13(2)16-10-23(18(27)11-25-21-12-20-22-25)8-7-17(26)24(16)9-14-3-5-15(19)6-4-14/h3-6,12-13,16H,7-11H2,1-2H3/t16-/m0/s1. The highest BCUT2D eigenvalue weighted by Gasteiger charge is 2.33. The molecule has 1 aliphatic heterocycles. The van der Waals surface area contributed by atoms with E-state index >= 15 is 0 Å². The third-order valence-electron chi connectivity index (χ3n) is 4.78. The van der Waals surface area contributed by atoms with Crippen LogP contribution < -0.4 is 0 Å². The molecule has 2 heterocycles. The van der Waals surface area contributed by atoms with Gasteiger partial charge in [-0.3, -0.25) is 9.59 Å². The fourth-order valence-corrected chi connectivity index (χ4v) is 3.25. The van der Waals surface area contributed by atoms with E-state index in [4.69, 9.17) is 0 Å². The molecule has 2 aromatic rings. The molecule has 0 saturated carbocycles. The Hall–Kier alpha value is -2.84. The molecule has 1 fully saturated rings. The van der Waals surface area contributed by atoms with E-state index < -0.39 is 0 Å². The summed E-state index contributed by atoms with van der Waals surface area (Å²) in [7, 11) is 0. The van der Waals surface area contributed by atoms with Gasteiger partial charge in [-0.05, 0) is 28.8 Å². The molecule has 9 heteroatoms. The summed E-state index contributed by atoms with van der Waals surface area (Å²) in [6, 6.07) is 6.03. The average Bonchev–Trinajstić information content (AvgIpc) is 3.08. The Morgan fingerprint density at radius 1 is 1.30 bits per heavy atom. The topological polar surface area (TPSA) is 84.2 Å². The van der Waals surface area contributed by atoms with Gasteiger partial charge in [0.1, 0.15) is 12.4 Å². The minimum atomic E-state index is -0.306. The molecule has 0 N–H and O–H groups in total. The Kier molecular flexibility index (Phi) is 5.78. The van der Waals surface area contributed by atoms with Crippen LogP contribution in [-0.2, 0) is 22.7 Å². The van der Waals surface area contributed by atoms with Crippen LogP contribution in [0.5, 0.6) is 0 Å². The SMILES string of the molecule is CC(C)[C@@H]1CN(C(=O)Cn2ncnn2)CCC(=O)N1Cc1ccc(F)cc1. The Morgan fingerprint density at radius 3 is 2.67 bits per heavy atom. The fourth-order valence-electron chi connectivity index (χ4n) is 3.25. The maximum absolute atomic E-state index is 13.2. The Bertz CT molecular complexity index is 778. The lowest BCUT2D eigenvalue weighted by atomic mass is 10.0. The Morgan fingerprint density at radius 2 is 2.04 bits per heavy atom.